The zero-order valence-electron chi connectivity index (χ0n) is 9.26. The van der Waals surface area contributed by atoms with Gasteiger partial charge in [0.2, 0.25) is 0 Å². The zero-order chi connectivity index (χ0) is 12.6. The Balaban J connectivity index is 2.73. The van der Waals surface area contributed by atoms with Crippen LogP contribution in [0.5, 0.6) is 0 Å². The van der Waals surface area contributed by atoms with Crippen LogP contribution in [0, 0.1) is 25.5 Å². The van der Waals surface area contributed by atoms with Gasteiger partial charge in [0.05, 0.1) is 5.69 Å². The molecule has 0 fully saturated rings. The maximum absolute atomic E-state index is 13.7. The normalized spacial score (nSPS) is 10.6. The van der Waals surface area contributed by atoms with Gasteiger partial charge in [0, 0.05) is 11.1 Å². The first-order valence-corrected chi connectivity index (χ1v) is 5.33. The molecular formula is C12H9ClF2N2. The molecule has 0 aliphatic heterocycles. The molecule has 0 N–H and O–H groups in total. The molecule has 2 aromatic rings. The van der Waals surface area contributed by atoms with Crippen molar-refractivity contribution in [2.24, 2.45) is 0 Å². The molecule has 1 aromatic carbocycles. The lowest BCUT2D eigenvalue weighted by Crippen LogP contribution is -1.99. The zero-order valence-corrected chi connectivity index (χ0v) is 10.0. The molecule has 2 nitrogen and oxygen atoms in total. The molecule has 5 heteroatoms. The summed E-state index contributed by atoms with van der Waals surface area (Å²) in [6, 6.07) is 3.95. The minimum absolute atomic E-state index is 0.0925. The minimum Gasteiger partial charge on any atom is -0.233 e. The molecule has 1 heterocycles. The lowest BCUT2D eigenvalue weighted by atomic mass is 10.1. The van der Waals surface area contributed by atoms with Gasteiger partial charge in [0.25, 0.3) is 0 Å². The van der Waals surface area contributed by atoms with Crippen molar-refractivity contribution in [3.05, 3.63) is 46.4 Å². The third-order valence-electron chi connectivity index (χ3n) is 2.40. The topological polar surface area (TPSA) is 25.8 Å². The standard InChI is InChI=1S/C12H9ClF2N2/c1-6-11(16-7(2)17-12(6)13)8-4-3-5-9(14)10(8)15/h3-5H,1-2H3. The molecule has 0 radical (unpaired) electrons. The number of rotatable bonds is 1. The van der Waals surface area contributed by atoms with Crippen LogP contribution in [-0.4, -0.2) is 9.97 Å². The Labute approximate surface area is 102 Å². The first-order chi connectivity index (χ1) is 8.00. The number of aromatic nitrogens is 2. The van der Waals surface area contributed by atoms with E-state index >= 15 is 0 Å². The van der Waals surface area contributed by atoms with Gasteiger partial charge in [-0.05, 0) is 26.0 Å². The second kappa shape index (κ2) is 4.37. The van der Waals surface area contributed by atoms with Crippen molar-refractivity contribution in [2.45, 2.75) is 13.8 Å². The van der Waals surface area contributed by atoms with Crippen LogP contribution in [0.25, 0.3) is 11.3 Å². The fourth-order valence-corrected chi connectivity index (χ4v) is 1.75. The van der Waals surface area contributed by atoms with E-state index in [1.165, 1.54) is 12.1 Å². The van der Waals surface area contributed by atoms with Gasteiger partial charge in [0.1, 0.15) is 11.0 Å². The van der Waals surface area contributed by atoms with Crippen LogP contribution in [0.1, 0.15) is 11.4 Å². The Hall–Kier alpha value is -1.55. The molecule has 88 valence electrons. The van der Waals surface area contributed by atoms with E-state index in [9.17, 15) is 8.78 Å². The predicted octanol–water partition coefficient (Wildman–Crippen LogP) is 3.69. The summed E-state index contributed by atoms with van der Waals surface area (Å²) in [6.07, 6.45) is 0. The molecule has 0 aliphatic rings. The van der Waals surface area contributed by atoms with E-state index in [1.807, 2.05) is 0 Å². The summed E-state index contributed by atoms with van der Waals surface area (Å²) in [7, 11) is 0. The Morgan fingerprint density at radius 3 is 2.53 bits per heavy atom. The molecular weight excluding hydrogens is 246 g/mol. The second-order valence-corrected chi connectivity index (χ2v) is 3.99. The fourth-order valence-electron chi connectivity index (χ4n) is 1.54. The third-order valence-corrected chi connectivity index (χ3v) is 2.77. The lowest BCUT2D eigenvalue weighted by Gasteiger charge is -2.08. The van der Waals surface area contributed by atoms with Gasteiger partial charge in [-0.3, -0.25) is 0 Å². The van der Waals surface area contributed by atoms with Gasteiger partial charge in [0.15, 0.2) is 11.6 Å². The summed E-state index contributed by atoms with van der Waals surface area (Å²) >= 11 is 5.89. The van der Waals surface area contributed by atoms with E-state index in [4.69, 9.17) is 11.6 Å². The van der Waals surface area contributed by atoms with Crippen LogP contribution in [-0.2, 0) is 0 Å². The van der Waals surface area contributed by atoms with E-state index < -0.39 is 11.6 Å². The van der Waals surface area contributed by atoms with E-state index in [0.717, 1.165) is 6.07 Å². The van der Waals surface area contributed by atoms with Crippen molar-refractivity contribution in [3.63, 3.8) is 0 Å². The monoisotopic (exact) mass is 254 g/mol. The summed E-state index contributed by atoms with van der Waals surface area (Å²) in [5, 5.41) is 0.246. The van der Waals surface area contributed by atoms with E-state index in [-0.39, 0.29) is 10.7 Å². The molecule has 0 atom stereocenters. The quantitative estimate of drug-likeness (QED) is 0.726. The Morgan fingerprint density at radius 1 is 1.12 bits per heavy atom. The van der Waals surface area contributed by atoms with Gasteiger partial charge < -0.3 is 0 Å². The summed E-state index contributed by atoms with van der Waals surface area (Å²) in [4.78, 5) is 8.05. The van der Waals surface area contributed by atoms with Gasteiger partial charge in [-0.15, -0.1) is 0 Å². The molecule has 0 amide bonds. The summed E-state index contributed by atoms with van der Waals surface area (Å²) in [5.74, 6) is -1.42. The number of benzene rings is 1. The highest BCUT2D eigenvalue weighted by Crippen LogP contribution is 2.28. The van der Waals surface area contributed by atoms with E-state index in [1.54, 1.807) is 13.8 Å². The molecule has 2 rings (SSSR count). The van der Waals surface area contributed by atoms with Crippen molar-refractivity contribution in [2.75, 3.05) is 0 Å². The average Bonchev–Trinajstić information content (AvgIpc) is 2.27. The average molecular weight is 255 g/mol. The van der Waals surface area contributed by atoms with Crippen LogP contribution >= 0.6 is 11.6 Å². The molecule has 0 unspecified atom stereocenters. The first kappa shape index (κ1) is 11.9. The van der Waals surface area contributed by atoms with Crippen molar-refractivity contribution in [1.29, 1.82) is 0 Å². The van der Waals surface area contributed by atoms with Gasteiger partial charge in [-0.25, -0.2) is 18.7 Å². The van der Waals surface area contributed by atoms with E-state index in [2.05, 4.69) is 9.97 Å². The highest BCUT2D eigenvalue weighted by molar-refractivity contribution is 6.30. The Morgan fingerprint density at radius 2 is 1.82 bits per heavy atom. The van der Waals surface area contributed by atoms with Crippen molar-refractivity contribution in [1.82, 2.24) is 9.97 Å². The molecule has 0 bridgehead atoms. The molecule has 0 spiro atoms. The molecule has 0 aliphatic carbocycles. The lowest BCUT2D eigenvalue weighted by molar-refractivity contribution is 0.511. The molecule has 0 saturated carbocycles. The Bertz CT molecular complexity index is 585. The SMILES string of the molecule is Cc1nc(Cl)c(C)c(-c2cccc(F)c2F)n1. The predicted molar refractivity (Wildman–Crippen MR) is 61.9 cm³/mol. The molecule has 0 saturated heterocycles. The summed E-state index contributed by atoms with van der Waals surface area (Å²) in [5.41, 5.74) is 0.941. The van der Waals surface area contributed by atoms with Crippen molar-refractivity contribution >= 4 is 11.6 Å². The highest BCUT2D eigenvalue weighted by Gasteiger charge is 2.15. The molecule has 17 heavy (non-hydrogen) atoms. The van der Waals surface area contributed by atoms with Crippen molar-refractivity contribution in [3.8, 4) is 11.3 Å². The molecule has 1 aromatic heterocycles. The maximum Gasteiger partial charge on any atom is 0.168 e. The minimum atomic E-state index is -0.926. The van der Waals surface area contributed by atoms with Crippen LogP contribution in [0.4, 0.5) is 8.78 Å². The smallest absolute Gasteiger partial charge is 0.168 e. The van der Waals surface area contributed by atoms with Crippen molar-refractivity contribution < 1.29 is 8.78 Å². The number of nitrogens with zero attached hydrogens (tertiary/aromatic N) is 2. The van der Waals surface area contributed by atoms with Gasteiger partial charge in [-0.1, -0.05) is 17.7 Å². The van der Waals surface area contributed by atoms with Crippen LogP contribution in [0.15, 0.2) is 18.2 Å². The van der Waals surface area contributed by atoms with Crippen LogP contribution in [0.2, 0.25) is 5.15 Å². The number of hydrogen-bond donors (Lipinski definition) is 0. The fraction of sp³-hybridized carbons (Fsp3) is 0.167. The maximum atomic E-state index is 13.7. The van der Waals surface area contributed by atoms with Crippen LogP contribution in [0.3, 0.4) is 0 Å². The number of aryl methyl sites for hydroxylation is 1. The van der Waals surface area contributed by atoms with Crippen LogP contribution < -0.4 is 0 Å². The first-order valence-electron chi connectivity index (χ1n) is 4.96. The summed E-state index contributed by atoms with van der Waals surface area (Å²) < 4.78 is 26.8. The number of halogens is 3. The number of hydrogen-bond acceptors (Lipinski definition) is 2. The highest BCUT2D eigenvalue weighted by atomic mass is 35.5. The Kier molecular flexibility index (Phi) is 3.07. The summed E-state index contributed by atoms with van der Waals surface area (Å²) in [6.45, 7) is 3.31. The largest absolute Gasteiger partial charge is 0.233 e. The van der Waals surface area contributed by atoms with Gasteiger partial charge >= 0.3 is 0 Å². The second-order valence-electron chi connectivity index (χ2n) is 3.64. The third kappa shape index (κ3) is 2.13. The van der Waals surface area contributed by atoms with Gasteiger partial charge in [-0.2, -0.15) is 0 Å². The van der Waals surface area contributed by atoms with E-state index in [0.29, 0.717) is 17.1 Å².